The van der Waals surface area contributed by atoms with Gasteiger partial charge in [-0.1, -0.05) is 19.1 Å². The van der Waals surface area contributed by atoms with Crippen molar-refractivity contribution in [3.63, 3.8) is 0 Å². The van der Waals surface area contributed by atoms with Crippen molar-refractivity contribution in [3.05, 3.63) is 71.4 Å². The molecule has 0 aliphatic heterocycles. The van der Waals surface area contributed by atoms with Crippen LogP contribution < -0.4 is 19.1 Å². The van der Waals surface area contributed by atoms with Crippen LogP contribution in [-0.2, 0) is 11.3 Å². The van der Waals surface area contributed by atoms with Crippen LogP contribution in [0.2, 0.25) is 0 Å². The Morgan fingerprint density at radius 1 is 1.06 bits per heavy atom. The molecule has 6 nitrogen and oxygen atoms in total. The maximum absolute atomic E-state index is 12.7. The van der Waals surface area contributed by atoms with Crippen molar-refractivity contribution >= 4 is 11.6 Å². The summed E-state index contributed by atoms with van der Waals surface area (Å²) in [6.45, 7) is 8.50. The summed E-state index contributed by atoms with van der Waals surface area (Å²) in [4.78, 5) is 18.8. The second-order valence-electron chi connectivity index (χ2n) is 7.56. The maximum atomic E-state index is 12.7. The monoisotopic (exact) mass is 434 g/mol. The van der Waals surface area contributed by atoms with Gasteiger partial charge in [0.1, 0.15) is 22.9 Å². The number of ether oxygens (including phenoxy) is 3. The van der Waals surface area contributed by atoms with Gasteiger partial charge in [0.05, 0.1) is 20.3 Å². The molecule has 0 radical (unpaired) electrons. The molecule has 0 unspecified atom stereocenters. The summed E-state index contributed by atoms with van der Waals surface area (Å²) in [5.74, 6) is 2.37. The Balaban J connectivity index is 1.99. The van der Waals surface area contributed by atoms with E-state index in [2.05, 4.69) is 11.9 Å². The fourth-order valence-corrected chi connectivity index (χ4v) is 3.30. The number of aromatic nitrogens is 1. The summed E-state index contributed by atoms with van der Waals surface area (Å²) in [5, 5.41) is 0. The van der Waals surface area contributed by atoms with Crippen LogP contribution in [0.25, 0.3) is 0 Å². The van der Waals surface area contributed by atoms with Gasteiger partial charge in [-0.05, 0) is 67.8 Å². The number of anilines is 1. The highest BCUT2D eigenvalue weighted by Crippen LogP contribution is 2.35. The molecular formula is C26H30N2O4. The molecule has 3 aromatic rings. The summed E-state index contributed by atoms with van der Waals surface area (Å²) in [6.07, 6.45) is 2.54. The second-order valence-corrected chi connectivity index (χ2v) is 7.56. The summed E-state index contributed by atoms with van der Waals surface area (Å²) in [7, 11) is 1.62. The average molecular weight is 435 g/mol. The van der Waals surface area contributed by atoms with Crippen molar-refractivity contribution in [2.24, 2.45) is 0 Å². The zero-order chi connectivity index (χ0) is 23.1. The third-order valence-corrected chi connectivity index (χ3v) is 5.24. The molecule has 3 rings (SSSR count). The lowest BCUT2D eigenvalue weighted by atomic mass is 10.1. The van der Waals surface area contributed by atoms with E-state index in [4.69, 9.17) is 14.2 Å². The number of hydrogen-bond acceptors (Lipinski definition) is 5. The van der Waals surface area contributed by atoms with Crippen LogP contribution in [0.3, 0.4) is 0 Å². The summed E-state index contributed by atoms with van der Waals surface area (Å²) in [5.41, 5.74) is 3.58. The van der Waals surface area contributed by atoms with Gasteiger partial charge in [-0.15, -0.1) is 0 Å². The first-order chi connectivity index (χ1) is 15.4. The van der Waals surface area contributed by atoms with Gasteiger partial charge in [0.2, 0.25) is 11.8 Å². The van der Waals surface area contributed by atoms with Gasteiger partial charge >= 0.3 is 0 Å². The lowest BCUT2D eigenvalue weighted by molar-refractivity contribution is -0.116. The quantitative estimate of drug-likeness (QED) is 0.423. The molecule has 1 aromatic heterocycles. The predicted octanol–water partition coefficient (Wildman–Crippen LogP) is 5.84. The molecular weight excluding hydrogens is 404 g/mol. The first-order valence-electron chi connectivity index (χ1n) is 10.7. The zero-order valence-corrected chi connectivity index (χ0v) is 19.3. The number of rotatable bonds is 9. The Bertz CT molecular complexity index is 1080. The van der Waals surface area contributed by atoms with E-state index in [-0.39, 0.29) is 5.91 Å². The first kappa shape index (κ1) is 23.1. The highest BCUT2D eigenvalue weighted by atomic mass is 16.5. The van der Waals surface area contributed by atoms with Crippen LogP contribution >= 0.6 is 0 Å². The molecule has 6 heteroatoms. The fraction of sp³-hybridized carbons (Fsp3) is 0.308. The minimum Gasteiger partial charge on any atom is -0.497 e. The lowest BCUT2D eigenvalue weighted by Gasteiger charge is -2.24. The molecule has 0 atom stereocenters. The van der Waals surface area contributed by atoms with Crippen LogP contribution in [0.15, 0.2) is 54.7 Å². The van der Waals surface area contributed by atoms with Crippen LogP contribution in [0, 0.1) is 13.8 Å². The number of methoxy groups -OCH3 is 1. The molecule has 0 spiro atoms. The van der Waals surface area contributed by atoms with Gasteiger partial charge in [0.15, 0.2) is 0 Å². The van der Waals surface area contributed by atoms with Crippen molar-refractivity contribution in [2.75, 3.05) is 18.6 Å². The van der Waals surface area contributed by atoms with Crippen LogP contribution in [-0.4, -0.2) is 24.6 Å². The number of carbonyl (C=O) groups excluding carboxylic acids is 1. The third kappa shape index (κ3) is 5.38. The number of benzene rings is 2. The minimum absolute atomic E-state index is 0.131. The fourth-order valence-electron chi connectivity index (χ4n) is 3.30. The smallest absolute Gasteiger partial charge is 0.243 e. The number of pyridine rings is 1. The molecule has 0 saturated carbocycles. The molecule has 168 valence electrons. The Kier molecular flexibility index (Phi) is 7.71. The third-order valence-electron chi connectivity index (χ3n) is 5.24. The Hall–Kier alpha value is -3.54. The predicted molar refractivity (Wildman–Crippen MR) is 126 cm³/mol. The molecule has 32 heavy (non-hydrogen) atoms. The molecule has 0 N–H and O–H groups in total. The molecule has 0 aliphatic carbocycles. The molecule has 1 heterocycles. The zero-order valence-electron chi connectivity index (χ0n) is 19.3. The molecule has 2 aromatic carbocycles. The molecule has 0 aliphatic rings. The van der Waals surface area contributed by atoms with E-state index in [0.717, 1.165) is 28.9 Å². The number of hydrogen-bond donors (Lipinski definition) is 0. The molecule has 0 bridgehead atoms. The van der Waals surface area contributed by atoms with Crippen molar-refractivity contribution < 1.29 is 19.0 Å². The van der Waals surface area contributed by atoms with Crippen molar-refractivity contribution in [2.45, 2.75) is 40.7 Å². The molecule has 0 fully saturated rings. The van der Waals surface area contributed by atoms with E-state index in [1.807, 2.05) is 56.3 Å². The van der Waals surface area contributed by atoms with Gasteiger partial charge in [-0.25, -0.2) is 4.98 Å². The van der Waals surface area contributed by atoms with E-state index in [1.165, 1.54) is 6.92 Å². The average Bonchev–Trinajstić information content (AvgIpc) is 2.79. The van der Waals surface area contributed by atoms with E-state index in [9.17, 15) is 4.79 Å². The van der Waals surface area contributed by atoms with Gasteiger partial charge in [-0.2, -0.15) is 0 Å². The minimum atomic E-state index is -0.131. The van der Waals surface area contributed by atoms with E-state index in [1.54, 1.807) is 24.3 Å². The van der Waals surface area contributed by atoms with Crippen molar-refractivity contribution in [1.29, 1.82) is 0 Å². The standard InChI is InChI=1S/C26H30N2O4/c1-6-15-31-25-13-12-22(30-5)16-21(25)17-28(20(4)29)23-10-8-14-27-26(23)32-24-11-7-9-18(2)19(24)3/h7-14,16H,6,15,17H2,1-5H3. The van der Waals surface area contributed by atoms with Gasteiger partial charge in [0.25, 0.3) is 0 Å². The van der Waals surface area contributed by atoms with Crippen LogP contribution in [0.5, 0.6) is 23.1 Å². The number of carbonyl (C=O) groups is 1. The highest BCUT2D eigenvalue weighted by molar-refractivity contribution is 5.92. The van der Waals surface area contributed by atoms with E-state index < -0.39 is 0 Å². The first-order valence-corrected chi connectivity index (χ1v) is 10.7. The Morgan fingerprint density at radius 3 is 2.59 bits per heavy atom. The maximum Gasteiger partial charge on any atom is 0.243 e. The van der Waals surface area contributed by atoms with E-state index in [0.29, 0.717) is 36.2 Å². The van der Waals surface area contributed by atoms with Crippen molar-refractivity contribution in [1.82, 2.24) is 4.98 Å². The SMILES string of the molecule is CCCOc1ccc(OC)cc1CN(C(C)=O)c1cccnc1Oc1cccc(C)c1C. The van der Waals surface area contributed by atoms with Gasteiger partial charge in [0, 0.05) is 18.7 Å². The van der Waals surface area contributed by atoms with Crippen LogP contribution in [0.4, 0.5) is 5.69 Å². The van der Waals surface area contributed by atoms with Gasteiger partial charge in [-0.3, -0.25) is 4.79 Å². The van der Waals surface area contributed by atoms with Gasteiger partial charge < -0.3 is 19.1 Å². The van der Waals surface area contributed by atoms with Crippen LogP contribution in [0.1, 0.15) is 37.0 Å². The topological polar surface area (TPSA) is 60.9 Å². The highest BCUT2D eigenvalue weighted by Gasteiger charge is 2.21. The number of amides is 1. The van der Waals surface area contributed by atoms with E-state index >= 15 is 0 Å². The summed E-state index contributed by atoms with van der Waals surface area (Å²) >= 11 is 0. The summed E-state index contributed by atoms with van der Waals surface area (Å²) < 4.78 is 17.5. The number of aryl methyl sites for hydroxylation is 1. The second kappa shape index (κ2) is 10.7. The Labute approximate surface area is 189 Å². The van der Waals surface area contributed by atoms with Crippen molar-refractivity contribution in [3.8, 4) is 23.1 Å². The largest absolute Gasteiger partial charge is 0.497 e. The number of nitrogens with zero attached hydrogens (tertiary/aromatic N) is 2. The lowest BCUT2D eigenvalue weighted by Crippen LogP contribution is -2.28. The molecule has 1 amide bonds. The molecule has 0 saturated heterocycles. The Morgan fingerprint density at radius 2 is 1.88 bits per heavy atom. The summed E-state index contributed by atoms with van der Waals surface area (Å²) in [6, 6.07) is 15.1. The normalized spacial score (nSPS) is 10.5.